The van der Waals surface area contributed by atoms with Gasteiger partial charge in [-0.3, -0.25) is 37.3 Å². The number of aliphatic hydroxyl groups excluding tert-OH is 1. The van der Waals surface area contributed by atoms with Crippen molar-refractivity contribution in [3.05, 3.63) is 158 Å². The maximum absolute atomic E-state index is 13.2. The molecule has 5 atom stereocenters. The molecule has 0 saturated heterocycles. The van der Waals surface area contributed by atoms with Gasteiger partial charge in [-0.15, -0.1) is 0 Å². The van der Waals surface area contributed by atoms with E-state index in [1.807, 2.05) is 0 Å². The van der Waals surface area contributed by atoms with Gasteiger partial charge >= 0.3 is 39.5 Å². The molecule has 0 fully saturated rings. The van der Waals surface area contributed by atoms with E-state index in [9.17, 15) is 43.2 Å². The van der Waals surface area contributed by atoms with Crippen molar-refractivity contribution in [1.29, 1.82) is 0 Å². The minimum absolute atomic E-state index is 0.0718. The van der Waals surface area contributed by atoms with Gasteiger partial charge in [0.05, 0.1) is 26.4 Å². The summed E-state index contributed by atoms with van der Waals surface area (Å²) < 4.78 is 68.9. The second-order valence-corrected chi connectivity index (χ2v) is 31.6. The summed E-state index contributed by atoms with van der Waals surface area (Å²) in [6, 6.07) is 0. The van der Waals surface area contributed by atoms with E-state index in [4.69, 9.17) is 37.0 Å². The van der Waals surface area contributed by atoms with Crippen LogP contribution in [0.3, 0.4) is 0 Å². The van der Waals surface area contributed by atoms with Crippen molar-refractivity contribution in [2.75, 3.05) is 39.6 Å². The van der Waals surface area contributed by atoms with Crippen molar-refractivity contribution in [3.63, 3.8) is 0 Å². The van der Waals surface area contributed by atoms with Crippen LogP contribution in [-0.4, -0.2) is 96.7 Å². The van der Waals surface area contributed by atoms with E-state index in [1.165, 1.54) is 57.8 Å². The maximum Gasteiger partial charge on any atom is 0.472 e. The fraction of sp³-hybridized carbons (Fsp3) is 0.677. The largest absolute Gasteiger partial charge is 0.472 e. The molecular formula is C93H156O17P2. The first-order chi connectivity index (χ1) is 54.7. The van der Waals surface area contributed by atoms with E-state index < -0.39 is 97.5 Å². The van der Waals surface area contributed by atoms with Gasteiger partial charge in [0.2, 0.25) is 0 Å². The van der Waals surface area contributed by atoms with Crippen LogP contribution in [0.5, 0.6) is 0 Å². The molecule has 640 valence electrons. The lowest BCUT2D eigenvalue weighted by Crippen LogP contribution is -2.30. The number of phosphoric acid groups is 2. The normalized spacial score (nSPS) is 14.5. The number of ether oxygens (including phenoxy) is 4. The molecule has 112 heavy (non-hydrogen) atoms. The Hall–Kier alpha value is -5.32. The summed E-state index contributed by atoms with van der Waals surface area (Å²) in [5.41, 5.74) is 0. The van der Waals surface area contributed by atoms with E-state index in [-0.39, 0.29) is 25.7 Å². The number of rotatable bonds is 81. The molecule has 0 spiro atoms. The number of allylic oxidation sites excluding steroid dienone is 26. The highest BCUT2D eigenvalue weighted by Crippen LogP contribution is 2.45. The maximum atomic E-state index is 13.2. The smallest absolute Gasteiger partial charge is 0.462 e. The predicted molar refractivity (Wildman–Crippen MR) is 464 cm³/mol. The molecule has 19 heteroatoms. The first-order valence-corrected chi connectivity index (χ1v) is 46.7. The molecule has 0 aromatic rings. The first kappa shape index (κ1) is 107. The standard InChI is InChI=1S/C93H156O17P2/c1-5-9-13-17-21-25-29-33-37-40-43-46-50-53-57-61-65-69-73-77-90(95)103-83-88(109-92(97)79-75-71-67-63-59-55-49-36-32-28-24-20-16-12-8-4)85-107-111(99,100)105-81-87(94)82-106-112(101,102)108-86-89(110-93(98)80-76-72-68-64-60-56-52-48-45-42-39-35-31-27-23-19-15-11-7-3)84-104-91(96)78-74-70-66-62-58-54-51-47-44-41-38-34-30-26-22-18-14-10-6-2/h9-10,13-14,21-23,25-27,33-39,43-49,53,57,87-89,94H,5-8,11-12,15-20,24,28-32,40-42,50-52,54-56,58-86H2,1-4H3,(H,99,100)(H,101,102)/b13-9-,14-10-,25-21-,26-22-,27-23-,37-33-,38-34-,39-35-,46-43-,47-44-,48-45-,49-36-,57-53-. The average molecular weight is 1610 g/mol. The number of carbonyl (C=O) groups excluding carboxylic acids is 4. The van der Waals surface area contributed by atoms with E-state index in [2.05, 4.69) is 186 Å². The number of esters is 4. The van der Waals surface area contributed by atoms with Crippen LogP contribution >= 0.6 is 15.6 Å². The van der Waals surface area contributed by atoms with Crippen LogP contribution in [-0.2, 0) is 65.4 Å². The highest BCUT2D eigenvalue weighted by atomic mass is 31.2. The highest BCUT2D eigenvalue weighted by molar-refractivity contribution is 7.47. The minimum atomic E-state index is -5.00. The first-order valence-electron chi connectivity index (χ1n) is 43.7. The van der Waals surface area contributed by atoms with E-state index in [0.717, 1.165) is 212 Å². The van der Waals surface area contributed by atoms with Crippen molar-refractivity contribution < 1.29 is 80.2 Å². The third-order valence-corrected chi connectivity index (χ3v) is 19.9. The lowest BCUT2D eigenvalue weighted by Gasteiger charge is -2.21. The van der Waals surface area contributed by atoms with Crippen LogP contribution < -0.4 is 0 Å². The summed E-state index contributed by atoms with van der Waals surface area (Å²) in [7, 11) is -10.00. The molecule has 3 N–H and O–H groups in total. The Balaban J connectivity index is 5.45. The van der Waals surface area contributed by atoms with Gasteiger partial charge in [0.25, 0.3) is 0 Å². The molecule has 0 aromatic heterocycles. The Kier molecular flexibility index (Phi) is 79.6. The van der Waals surface area contributed by atoms with Crippen molar-refractivity contribution in [3.8, 4) is 0 Å². The zero-order valence-electron chi connectivity index (χ0n) is 70.3. The number of unbranched alkanes of at least 4 members (excludes halogenated alkanes) is 29. The summed E-state index contributed by atoms with van der Waals surface area (Å²) in [6.45, 7) is 4.58. The molecule has 0 aliphatic carbocycles. The van der Waals surface area contributed by atoms with Crippen molar-refractivity contribution in [2.24, 2.45) is 0 Å². The van der Waals surface area contributed by atoms with Gasteiger partial charge in [0.1, 0.15) is 19.3 Å². The van der Waals surface area contributed by atoms with Gasteiger partial charge in [0, 0.05) is 25.7 Å². The minimum Gasteiger partial charge on any atom is -0.462 e. The SMILES string of the molecule is CC/C=C\C/C=C\C/C=C\C/C=C\C/C=C\CCCCCC(=O)OCC(COP(=O)(O)OCC(O)COP(=O)(O)OCC(COC(=O)CCCCCCCC/C=C\C/C=C\C/C=C\C/C=C\CC)OC(=O)CCCCCCCC/C=C\C/C=C\C/C=C\CCCCC)OC(=O)CCCCCCC/C=C\CCCCCCCC. The second-order valence-electron chi connectivity index (χ2n) is 28.7. The van der Waals surface area contributed by atoms with Gasteiger partial charge in [0.15, 0.2) is 12.2 Å². The molecule has 0 aliphatic rings. The van der Waals surface area contributed by atoms with Crippen molar-refractivity contribution in [1.82, 2.24) is 0 Å². The summed E-state index contributed by atoms with van der Waals surface area (Å²) in [6.07, 6.45) is 99.1. The van der Waals surface area contributed by atoms with E-state index >= 15 is 0 Å². The van der Waals surface area contributed by atoms with Gasteiger partial charge in [-0.2, -0.15) is 0 Å². The zero-order chi connectivity index (χ0) is 81.7. The molecule has 0 bridgehead atoms. The molecule has 17 nitrogen and oxygen atoms in total. The summed E-state index contributed by atoms with van der Waals surface area (Å²) in [5, 5.41) is 10.7. The predicted octanol–water partition coefficient (Wildman–Crippen LogP) is 26.3. The molecular weight excluding hydrogens is 1450 g/mol. The van der Waals surface area contributed by atoms with Gasteiger partial charge in [-0.05, 0) is 173 Å². The van der Waals surface area contributed by atoms with Gasteiger partial charge < -0.3 is 33.8 Å². The fourth-order valence-corrected chi connectivity index (χ4v) is 12.9. The Morgan fingerprint density at radius 3 is 0.750 bits per heavy atom. The van der Waals surface area contributed by atoms with Crippen LogP contribution in [0.1, 0.15) is 349 Å². The molecule has 5 unspecified atom stereocenters. The van der Waals surface area contributed by atoms with E-state index in [0.29, 0.717) is 25.7 Å². The molecule has 0 saturated carbocycles. The monoisotopic (exact) mass is 1610 g/mol. The molecule has 0 aliphatic heterocycles. The summed E-state index contributed by atoms with van der Waals surface area (Å²) >= 11 is 0. The van der Waals surface area contributed by atoms with Gasteiger partial charge in [-0.1, -0.05) is 308 Å². The topological polar surface area (TPSA) is 237 Å². The van der Waals surface area contributed by atoms with Crippen LogP contribution in [0, 0.1) is 0 Å². The number of carbonyl (C=O) groups is 4. The Bertz CT molecular complexity index is 2740. The molecule has 0 amide bonds. The fourth-order valence-electron chi connectivity index (χ4n) is 11.4. The highest BCUT2D eigenvalue weighted by Gasteiger charge is 2.30. The third-order valence-electron chi connectivity index (χ3n) is 18.0. The van der Waals surface area contributed by atoms with Crippen LogP contribution in [0.15, 0.2) is 158 Å². The average Bonchev–Trinajstić information content (AvgIpc) is 0.898. The second kappa shape index (κ2) is 83.6. The summed E-state index contributed by atoms with van der Waals surface area (Å²) in [4.78, 5) is 73.4. The quantitative estimate of drug-likeness (QED) is 0.0169. The number of phosphoric ester groups is 2. The lowest BCUT2D eigenvalue weighted by molar-refractivity contribution is -0.161. The molecule has 0 heterocycles. The van der Waals surface area contributed by atoms with Crippen LogP contribution in [0.25, 0.3) is 0 Å². The van der Waals surface area contributed by atoms with Crippen molar-refractivity contribution in [2.45, 2.75) is 367 Å². The van der Waals surface area contributed by atoms with Gasteiger partial charge in [-0.25, -0.2) is 9.13 Å². The number of hydrogen-bond donors (Lipinski definition) is 3. The Morgan fingerprint density at radius 2 is 0.464 bits per heavy atom. The Morgan fingerprint density at radius 1 is 0.259 bits per heavy atom. The third kappa shape index (κ3) is 82.7. The Labute approximate surface area is 680 Å². The van der Waals surface area contributed by atoms with E-state index in [1.54, 1.807) is 0 Å². The van der Waals surface area contributed by atoms with Crippen LogP contribution in [0.4, 0.5) is 0 Å². The molecule has 0 aromatic carbocycles. The number of aliphatic hydroxyl groups is 1. The summed E-state index contributed by atoms with van der Waals surface area (Å²) in [5.74, 6) is -2.25. The lowest BCUT2D eigenvalue weighted by atomic mass is 10.1. The van der Waals surface area contributed by atoms with Crippen LogP contribution in [0.2, 0.25) is 0 Å². The van der Waals surface area contributed by atoms with Crippen molar-refractivity contribution >= 4 is 39.5 Å². The molecule has 0 radical (unpaired) electrons. The number of hydrogen-bond acceptors (Lipinski definition) is 15. The zero-order valence-corrected chi connectivity index (χ0v) is 72.1. The molecule has 0 rings (SSSR count).